The second kappa shape index (κ2) is 24.9. The van der Waals surface area contributed by atoms with Gasteiger partial charge in [0.05, 0.1) is 11.4 Å². The van der Waals surface area contributed by atoms with Gasteiger partial charge in [-0.2, -0.15) is 9.97 Å². The maximum Gasteiger partial charge on any atom is 0.238 e. The predicted octanol–water partition coefficient (Wildman–Crippen LogP) is 20.4. The molecule has 3 aliphatic carbocycles. The molecule has 0 radical (unpaired) electrons. The Labute approximate surface area is 467 Å². The van der Waals surface area contributed by atoms with Crippen molar-refractivity contribution in [1.82, 2.24) is 24.1 Å². The second-order valence-electron chi connectivity index (χ2n) is 19.6. The van der Waals surface area contributed by atoms with Gasteiger partial charge in [-0.05, 0) is 158 Å². The van der Waals surface area contributed by atoms with E-state index in [1.54, 1.807) is 0 Å². The first-order valence-electron chi connectivity index (χ1n) is 28.0. The van der Waals surface area contributed by atoms with Gasteiger partial charge in [-0.1, -0.05) is 194 Å². The molecule has 0 N–H and O–H groups in total. The van der Waals surface area contributed by atoms with Crippen LogP contribution in [0, 0.1) is 6.92 Å². The molecule has 8 aromatic rings. The SMILES string of the molecule is C=Cc1c(/C=C\C)sc2c(-c3cccc(/C(=C/C=C\C)c4cc5c(n4-c4nc(-c6ccccc6)nc(-c6ccc7c(c6)CC(/C=C\CC)=C7C)n4)CCC(n4c(C=C)c(C)c6c4C=CCC=C6)=C5)c3)cccc12.CC.CCC. The number of allylic oxidation sites excluding steroid dienone is 11. The van der Waals surface area contributed by atoms with Gasteiger partial charge in [0.15, 0.2) is 11.6 Å². The number of fused-ring (bicyclic) bond motifs is 4. The van der Waals surface area contributed by atoms with Gasteiger partial charge in [0.2, 0.25) is 5.95 Å². The first-order chi connectivity index (χ1) is 38.2. The van der Waals surface area contributed by atoms with E-state index in [-0.39, 0.29) is 0 Å². The van der Waals surface area contributed by atoms with Crippen LogP contribution in [0.1, 0.15) is 148 Å². The van der Waals surface area contributed by atoms with E-state index in [1.807, 2.05) is 43.4 Å². The zero-order chi connectivity index (χ0) is 54.9. The highest BCUT2D eigenvalue weighted by Crippen LogP contribution is 2.43. The lowest BCUT2D eigenvalue weighted by molar-refractivity contribution is 0.805. The molecule has 78 heavy (non-hydrogen) atoms. The lowest BCUT2D eigenvalue weighted by Gasteiger charge is -2.21. The van der Waals surface area contributed by atoms with Crippen LogP contribution in [0.3, 0.4) is 0 Å². The molecule has 0 unspecified atom stereocenters. The van der Waals surface area contributed by atoms with Crippen LogP contribution in [-0.4, -0.2) is 24.1 Å². The molecule has 4 aromatic carbocycles. The third-order valence-electron chi connectivity index (χ3n) is 14.5. The molecule has 0 atom stereocenters. The summed E-state index contributed by atoms with van der Waals surface area (Å²) >= 11 is 1.82. The van der Waals surface area contributed by atoms with Crippen molar-refractivity contribution in [3.8, 4) is 39.9 Å². The van der Waals surface area contributed by atoms with E-state index in [1.165, 1.54) is 77.3 Å². The normalized spacial score (nSPS) is 13.8. The molecular weight excluding hydrogens is 967 g/mol. The monoisotopic (exact) mass is 1040 g/mol. The van der Waals surface area contributed by atoms with Crippen LogP contribution in [0.2, 0.25) is 0 Å². The van der Waals surface area contributed by atoms with Crippen molar-refractivity contribution >= 4 is 74.7 Å². The highest BCUT2D eigenvalue weighted by atomic mass is 32.1. The number of thiophene rings is 1. The van der Waals surface area contributed by atoms with Gasteiger partial charge in [0.25, 0.3) is 0 Å². The molecule has 0 saturated heterocycles. The van der Waals surface area contributed by atoms with E-state index in [2.05, 4.69) is 235 Å². The Morgan fingerprint density at radius 2 is 1.49 bits per heavy atom. The third kappa shape index (κ3) is 10.6. The van der Waals surface area contributed by atoms with Crippen LogP contribution >= 0.6 is 11.3 Å². The Bertz CT molecular complexity index is 3810. The first kappa shape index (κ1) is 54.6. The molecule has 392 valence electrons. The number of benzene rings is 4. The number of hydrogen-bond donors (Lipinski definition) is 0. The van der Waals surface area contributed by atoms with Gasteiger partial charge in [-0.15, -0.1) is 11.3 Å². The summed E-state index contributed by atoms with van der Waals surface area (Å²) in [5.41, 5.74) is 22.2. The Hall–Kier alpha value is -8.19. The summed E-state index contributed by atoms with van der Waals surface area (Å²) in [6.45, 7) is 27.6. The summed E-state index contributed by atoms with van der Waals surface area (Å²) in [5, 5.41) is 1.22. The first-order valence-corrected chi connectivity index (χ1v) is 28.8. The van der Waals surface area contributed by atoms with E-state index >= 15 is 0 Å². The molecule has 0 bridgehead atoms. The molecule has 0 fully saturated rings. The average Bonchev–Trinajstić information content (AvgIpc) is 4.17. The summed E-state index contributed by atoms with van der Waals surface area (Å²) in [5.74, 6) is 1.86. The Kier molecular flexibility index (Phi) is 17.4. The Balaban J connectivity index is 0.00000143. The maximum atomic E-state index is 5.52. The molecular formula is C72H73N5S. The van der Waals surface area contributed by atoms with E-state index in [4.69, 9.17) is 15.0 Å². The van der Waals surface area contributed by atoms with Crippen molar-refractivity contribution in [3.05, 3.63) is 231 Å². The number of rotatable bonds is 13. The summed E-state index contributed by atoms with van der Waals surface area (Å²) in [7, 11) is 0. The van der Waals surface area contributed by atoms with Crippen LogP contribution in [0.15, 0.2) is 164 Å². The molecule has 0 aliphatic heterocycles. The Morgan fingerprint density at radius 1 is 0.731 bits per heavy atom. The summed E-state index contributed by atoms with van der Waals surface area (Å²) in [4.78, 5) is 17.5. The van der Waals surface area contributed by atoms with Crippen LogP contribution in [0.25, 0.3) is 103 Å². The minimum Gasteiger partial charge on any atom is -0.313 e. The number of hydrogen-bond acceptors (Lipinski definition) is 4. The van der Waals surface area contributed by atoms with Crippen LogP contribution in [0.4, 0.5) is 0 Å². The minimum absolute atomic E-state index is 0.586. The maximum absolute atomic E-state index is 5.52. The smallest absolute Gasteiger partial charge is 0.238 e. The van der Waals surface area contributed by atoms with Gasteiger partial charge in [-0.25, -0.2) is 4.98 Å². The molecule has 3 aliphatic rings. The minimum atomic E-state index is 0.586. The zero-order valence-corrected chi connectivity index (χ0v) is 47.9. The Morgan fingerprint density at radius 3 is 2.23 bits per heavy atom. The van der Waals surface area contributed by atoms with Crippen molar-refractivity contribution < 1.29 is 0 Å². The molecule has 0 saturated carbocycles. The van der Waals surface area contributed by atoms with Gasteiger partial charge >= 0.3 is 0 Å². The highest BCUT2D eigenvalue weighted by molar-refractivity contribution is 7.20. The van der Waals surface area contributed by atoms with Crippen molar-refractivity contribution in [2.75, 3.05) is 0 Å². The molecule has 5 nitrogen and oxygen atoms in total. The van der Waals surface area contributed by atoms with Crippen molar-refractivity contribution in [2.45, 2.75) is 101 Å². The zero-order valence-electron chi connectivity index (χ0n) is 47.1. The van der Waals surface area contributed by atoms with Crippen LogP contribution < -0.4 is 0 Å². The molecule has 6 heteroatoms. The lowest BCUT2D eigenvalue weighted by Crippen LogP contribution is -2.14. The van der Waals surface area contributed by atoms with Gasteiger partial charge in [-0.3, -0.25) is 4.57 Å². The summed E-state index contributed by atoms with van der Waals surface area (Å²) in [6, 6.07) is 35.0. The van der Waals surface area contributed by atoms with Gasteiger partial charge in [0.1, 0.15) is 0 Å². The molecule has 0 amide bonds. The van der Waals surface area contributed by atoms with E-state index in [0.717, 1.165) is 82.6 Å². The predicted molar refractivity (Wildman–Crippen MR) is 341 cm³/mol. The quantitative estimate of drug-likeness (QED) is 0.108. The fourth-order valence-electron chi connectivity index (χ4n) is 10.9. The van der Waals surface area contributed by atoms with E-state index in [9.17, 15) is 0 Å². The van der Waals surface area contributed by atoms with Crippen molar-refractivity contribution in [1.29, 1.82) is 0 Å². The highest BCUT2D eigenvalue weighted by Gasteiger charge is 2.28. The average molecular weight is 1040 g/mol. The molecule has 11 rings (SSSR count). The number of nitrogens with zero attached hydrogens (tertiary/aromatic N) is 5. The lowest BCUT2D eigenvalue weighted by atomic mass is 9.95. The topological polar surface area (TPSA) is 48.5 Å². The van der Waals surface area contributed by atoms with Crippen LogP contribution in [-0.2, 0) is 12.8 Å². The largest absolute Gasteiger partial charge is 0.313 e. The third-order valence-corrected chi connectivity index (χ3v) is 15.7. The number of aromatic nitrogens is 5. The molecule has 4 heterocycles. The van der Waals surface area contributed by atoms with E-state index < -0.39 is 0 Å². The van der Waals surface area contributed by atoms with Gasteiger partial charge < -0.3 is 4.57 Å². The summed E-state index contributed by atoms with van der Waals surface area (Å²) in [6.07, 6.45) is 36.4. The fourth-order valence-corrected chi connectivity index (χ4v) is 12.2. The fraction of sp³-hybridized carbons (Fsp3) is 0.208. The van der Waals surface area contributed by atoms with E-state index in [0.29, 0.717) is 17.6 Å². The molecule has 4 aromatic heterocycles. The molecule has 0 spiro atoms. The van der Waals surface area contributed by atoms with Crippen molar-refractivity contribution in [3.63, 3.8) is 0 Å². The summed E-state index contributed by atoms with van der Waals surface area (Å²) < 4.78 is 6.00. The standard InChI is InChI=1S/C67H59N5S.C3H8.C2H6/c1-8-13-24-46-38-50-40-49(34-36-54(50)43(46)6)66-68-65(45-25-17-15-18-26-45)69-67(70-66)72-60-37-35-52(71-59(12-5)44(7)55-30-19-16-20-33-61(55)71)41-51(60)42-62(72)56(29-14-9-2)47-27-21-28-48(39-47)57-31-22-32-58-53(11-4)63(23-10-3)73-64(57)58;1-3-2;1-2/h9-15,17-34,36,39-42H,4-5,8,16,35,37-38H2,1-3,6-7H3;3H2,1-2H3;1-2H3/b14-9-,23-10-,24-13-,56-29-;;. The van der Waals surface area contributed by atoms with Gasteiger partial charge in [0, 0.05) is 54.3 Å². The van der Waals surface area contributed by atoms with Crippen molar-refractivity contribution in [2.24, 2.45) is 0 Å². The van der Waals surface area contributed by atoms with Crippen LogP contribution in [0.5, 0.6) is 0 Å². The second-order valence-corrected chi connectivity index (χ2v) is 20.7.